The van der Waals surface area contributed by atoms with Gasteiger partial charge in [0.1, 0.15) is 0 Å². The SMILES string of the molecule is O=C(CSc1nc2c(c(=O)[nH]1)CCCC2)Nc1c(Cl)cccc1Cl. The number of thioether (sulfide) groups is 1. The molecule has 0 atom stereocenters. The van der Waals surface area contributed by atoms with Crippen LogP contribution in [0.25, 0.3) is 0 Å². The lowest BCUT2D eigenvalue weighted by atomic mass is 9.97. The Kier molecular flexibility index (Phi) is 5.48. The van der Waals surface area contributed by atoms with E-state index >= 15 is 0 Å². The predicted octanol–water partition coefficient (Wildman–Crippen LogP) is 3.69. The van der Waals surface area contributed by atoms with Gasteiger partial charge in [-0.3, -0.25) is 9.59 Å². The molecule has 126 valence electrons. The second-order valence-corrected chi connectivity index (χ2v) is 7.22. The summed E-state index contributed by atoms with van der Waals surface area (Å²) >= 11 is 13.2. The lowest BCUT2D eigenvalue weighted by molar-refractivity contribution is -0.113. The molecule has 0 aliphatic heterocycles. The maximum atomic E-state index is 12.1. The number of nitrogens with zero attached hydrogens (tertiary/aromatic N) is 1. The molecule has 0 spiro atoms. The van der Waals surface area contributed by atoms with Crippen molar-refractivity contribution in [3.63, 3.8) is 0 Å². The number of hydrogen-bond donors (Lipinski definition) is 2. The van der Waals surface area contributed by atoms with E-state index in [-0.39, 0.29) is 17.2 Å². The highest BCUT2D eigenvalue weighted by molar-refractivity contribution is 7.99. The molecule has 1 aliphatic carbocycles. The fourth-order valence-corrected chi connectivity index (χ4v) is 3.75. The Morgan fingerprint density at radius 1 is 1.25 bits per heavy atom. The van der Waals surface area contributed by atoms with Crippen molar-refractivity contribution in [1.29, 1.82) is 0 Å². The highest BCUT2D eigenvalue weighted by atomic mass is 35.5. The van der Waals surface area contributed by atoms with E-state index in [1.807, 2.05) is 0 Å². The maximum absolute atomic E-state index is 12.1. The highest BCUT2D eigenvalue weighted by Crippen LogP contribution is 2.30. The van der Waals surface area contributed by atoms with Crippen LogP contribution in [0.15, 0.2) is 28.2 Å². The molecule has 0 bridgehead atoms. The number of nitrogens with one attached hydrogen (secondary N) is 2. The number of carbonyl (C=O) groups excluding carboxylic acids is 1. The standard InChI is InChI=1S/C16H15Cl2N3O2S/c17-10-5-3-6-11(18)14(10)20-13(22)8-24-16-19-12-7-2-1-4-9(12)15(23)21-16/h3,5-6H,1-2,4,7-8H2,(H,20,22)(H,19,21,23). The van der Waals surface area contributed by atoms with E-state index < -0.39 is 0 Å². The van der Waals surface area contributed by atoms with Gasteiger partial charge in [0.15, 0.2) is 5.16 Å². The largest absolute Gasteiger partial charge is 0.323 e. The normalized spacial score (nSPS) is 13.4. The number of hydrogen-bond acceptors (Lipinski definition) is 4. The van der Waals surface area contributed by atoms with Crippen LogP contribution in [0.5, 0.6) is 0 Å². The first kappa shape index (κ1) is 17.3. The van der Waals surface area contributed by atoms with E-state index in [2.05, 4.69) is 15.3 Å². The zero-order valence-corrected chi connectivity index (χ0v) is 15.0. The van der Waals surface area contributed by atoms with Crippen molar-refractivity contribution < 1.29 is 4.79 Å². The van der Waals surface area contributed by atoms with Crippen molar-refractivity contribution in [1.82, 2.24) is 9.97 Å². The zero-order chi connectivity index (χ0) is 17.1. The molecule has 5 nitrogen and oxygen atoms in total. The van der Waals surface area contributed by atoms with Gasteiger partial charge in [-0.1, -0.05) is 41.0 Å². The van der Waals surface area contributed by atoms with E-state index in [1.54, 1.807) is 18.2 Å². The van der Waals surface area contributed by atoms with Gasteiger partial charge >= 0.3 is 0 Å². The van der Waals surface area contributed by atoms with Crippen LogP contribution >= 0.6 is 35.0 Å². The molecule has 1 aliphatic rings. The Morgan fingerprint density at radius 2 is 1.96 bits per heavy atom. The van der Waals surface area contributed by atoms with Crippen molar-refractivity contribution in [2.45, 2.75) is 30.8 Å². The monoisotopic (exact) mass is 383 g/mol. The fraction of sp³-hybridized carbons (Fsp3) is 0.312. The number of fused-ring (bicyclic) bond motifs is 1. The second kappa shape index (κ2) is 7.59. The molecule has 24 heavy (non-hydrogen) atoms. The van der Waals surface area contributed by atoms with Crippen molar-refractivity contribution in [3.05, 3.63) is 49.9 Å². The number of aryl methyl sites for hydroxylation is 1. The summed E-state index contributed by atoms with van der Waals surface area (Å²) in [7, 11) is 0. The highest BCUT2D eigenvalue weighted by Gasteiger charge is 2.16. The maximum Gasteiger partial charge on any atom is 0.254 e. The number of anilines is 1. The van der Waals surface area contributed by atoms with Gasteiger partial charge in [0.05, 0.1) is 27.2 Å². The van der Waals surface area contributed by atoms with Crippen molar-refractivity contribution in [3.8, 4) is 0 Å². The summed E-state index contributed by atoms with van der Waals surface area (Å²) in [5, 5.41) is 3.89. The number of aromatic nitrogens is 2. The Bertz CT molecular complexity index is 818. The first-order valence-corrected chi connectivity index (χ1v) is 9.27. The molecule has 8 heteroatoms. The topological polar surface area (TPSA) is 74.8 Å². The minimum absolute atomic E-state index is 0.100. The molecule has 0 saturated carbocycles. The third-order valence-corrected chi connectivity index (χ3v) is 5.24. The summed E-state index contributed by atoms with van der Waals surface area (Å²) in [6.07, 6.45) is 3.65. The Labute approximate surface area is 153 Å². The smallest absolute Gasteiger partial charge is 0.254 e. The molecule has 1 aromatic heterocycles. The molecule has 1 aromatic carbocycles. The molecule has 0 fully saturated rings. The predicted molar refractivity (Wildman–Crippen MR) is 97.3 cm³/mol. The van der Waals surface area contributed by atoms with Crippen LogP contribution in [0.1, 0.15) is 24.1 Å². The van der Waals surface area contributed by atoms with E-state index in [1.165, 1.54) is 11.8 Å². The summed E-state index contributed by atoms with van der Waals surface area (Å²) < 4.78 is 0. The van der Waals surface area contributed by atoms with Crippen LogP contribution in [0.4, 0.5) is 5.69 Å². The lowest BCUT2D eigenvalue weighted by Crippen LogP contribution is -2.22. The van der Waals surface area contributed by atoms with Crippen molar-refractivity contribution in [2.75, 3.05) is 11.1 Å². The Balaban J connectivity index is 1.66. The number of benzene rings is 1. The van der Waals surface area contributed by atoms with Crippen molar-refractivity contribution in [2.24, 2.45) is 0 Å². The third kappa shape index (κ3) is 3.94. The minimum Gasteiger partial charge on any atom is -0.323 e. The molecular formula is C16H15Cl2N3O2S. The molecule has 2 N–H and O–H groups in total. The van der Waals surface area contributed by atoms with Crippen LogP contribution in [0, 0.1) is 0 Å². The molecule has 0 radical (unpaired) electrons. The van der Waals surface area contributed by atoms with E-state index in [4.69, 9.17) is 23.2 Å². The third-order valence-electron chi connectivity index (χ3n) is 3.74. The number of carbonyl (C=O) groups is 1. The first-order valence-electron chi connectivity index (χ1n) is 7.53. The quantitative estimate of drug-likeness (QED) is 0.623. The van der Waals surface area contributed by atoms with Gasteiger partial charge in [-0.25, -0.2) is 4.98 Å². The minimum atomic E-state index is -0.268. The number of rotatable bonds is 4. The van der Waals surface area contributed by atoms with Gasteiger partial charge in [0, 0.05) is 5.56 Å². The van der Waals surface area contributed by atoms with Crippen LogP contribution in [-0.2, 0) is 17.6 Å². The number of amides is 1. The number of halogens is 2. The number of H-pyrrole nitrogens is 1. The van der Waals surface area contributed by atoms with Gasteiger partial charge in [-0.05, 0) is 37.8 Å². The molecule has 0 saturated heterocycles. The Hall–Kier alpha value is -1.50. The van der Waals surface area contributed by atoms with E-state index in [0.29, 0.717) is 20.9 Å². The van der Waals surface area contributed by atoms with Crippen LogP contribution in [-0.4, -0.2) is 21.6 Å². The molecule has 2 aromatic rings. The lowest BCUT2D eigenvalue weighted by Gasteiger charge is -2.14. The number of para-hydroxylation sites is 1. The first-order chi connectivity index (χ1) is 11.5. The average Bonchev–Trinajstić information content (AvgIpc) is 2.56. The second-order valence-electron chi connectivity index (χ2n) is 5.44. The average molecular weight is 384 g/mol. The van der Waals surface area contributed by atoms with Gasteiger partial charge in [-0.2, -0.15) is 0 Å². The number of aromatic amines is 1. The van der Waals surface area contributed by atoms with E-state index in [9.17, 15) is 9.59 Å². The van der Waals surface area contributed by atoms with Crippen molar-refractivity contribution >= 4 is 46.6 Å². The summed E-state index contributed by atoms with van der Waals surface area (Å²) in [6, 6.07) is 5.01. The van der Waals surface area contributed by atoms with Gasteiger partial charge in [-0.15, -0.1) is 0 Å². The fourth-order valence-electron chi connectivity index (χ4n) is 2.58. The Morgan fingerprint density at radius 3 is 2.71 bits per heavy atom. The summed E-state index contributed by atoms with van der Waals surface area (Å²) in [4.78, 5) is 31.4. The van der Waals surface area contributed by atoms with Crippen LogP contribution < -0.4 is 10.9 Å². The van der Waals surface area contributed by atoms with Crippen LogP contribution in [0.3, 0.4) is 0 Å². The molecular weight excluding hydrogens is 369 g/mol. The van der Waals surface area contributed by atoms with Crippen LogP contribution in [0.2, 0.25) is 10.0 Å². The van der Waals surface area contributed by atoms with Gasteiger partial charge in [0.2, 0.25) is 5.91 Å². The molecule has 1 amide bonds. The summed E-state index contributed by atoms with van der Waals surface area (Å²) in [6.45, 7) is 0. The molecule has 3 rings (SSSR count). The summed E-state index contributed by atoms with van der Waals surface area (Å²) in [5.41, 5.74) is 1.91. The summed E-state index contributed by atoms with van der Waals surface area (Å²) in [5.74, 6) is -0.168. The van der Waals surface area contributed by atoms with Gasteiger partial charge < -0.3 is 10.3 Å². The van der Waals surface area contributed by atoms with E-state index in [0.717, 1.165) is 36.9 Å². The molecule has 1 heterocycles. The molecule has 0 unspecified atom stereocenters. The van der Waals surface area contributed by atoms with Gasteiger partial charge in [0.25, 0.3) is 5.56 Å². The zero-order valence-electron chi connectivity index (χ0n) is 12.7.